The minimum absolute atomic E-state index is 0.238. The average Bonchev–Trinajstić information content (AvgIpc) is 1.61. The van der Waals surface area contributed by atoms with Gasteiger partial charge in [0.2, 0.25) is 0 Å². The monoisotopic (exact) mass is 1840 g/mol. The molecule has 9 aromatic carbocycles. The molecule has 15 aromatic rings. The van der Waals surface area contributed by atoms with Crippen molar-refractivity contribution in [2.45, 2.75) is 196 Å². The molecule has 19 rings (SSSR count). The van der Waals surface area contributed by atoms with E-state index in [1.165, 1.54) is 91.9 Å². The maximum absolute atomic E-state index is 14.9. The first-order valence-electron chi connectivity index (χ1n) is 51.3. The van der Waals surface area contributed by atoms with Crippen LogP contribution in [-0.2, 0) is 38.5 Å². The van der Waals surface area contributed by atoms with E-state index in [2.05, 4.69) is 315 Å². The maximum atomic E-state index is 14.9. The first-order chi connectivity index (χ1) is 68.8. The Morgan fingerprint density at radius 1 is 0.229 bits per heavy atom. The van der Waals surface area contributed by atoms with Crippen LogP contribution in [0.1, 0.15) is 257 Å². The molecule has 0 saturated heterocycles. The Balaban J connectivity index is 0.665. The van der Waals surface area contributed by atoms with Gasteiger partial charge in [0.05, 0.1) is 52.7 Å². The Hall–Kier alpha value is -15.1. The lowest BCUT2D eigenvalue weighted by atomic mass is 10.00. The number of hydrogen-bond acceptors (Lipinski definition) is 7. The number of methoxy groups -OCH3 is 1. The van der Waals surface area contributed by atoms with Crippen LogP contribution in [-0.4, -0.2) is 58.8 Å². The zero-order valence-corrected chi connectivity index (χ0v) is 81.9. The van der Waals surface area contributed by atoms with Gasteiger partial charge in [0.15, 0.2) is 0 Å². The van der Waals surface area contributed by atoms with Crippen LogP contribution in [0.25, 0.3) is 182 Å². The van der Waals surface area contributed by atoms with E-state index in [4.69, 9.17) is 24.7 Å². The summed E-state index contributed by atoms with van der Waals surface area (Å²) in [5, 5.41) is 6.36. The van der Waals surface area contributed by atoms with Crippen molar-refractivity contribution in [2.75, 3.05) is 17.7 Å². The molecule has 2 amide bonds. The van der Waals surface area contributed by atoms with E-state index in [-0.39, 0.29) is 11.1 Å². The normalized spacial score (nSPS) is 12.0. The molecule has 16 bridgehead atoms. The maximum Gasteiger partial charge on any atom is 0.255 e. The van der Waals surface area contributed by atoms with Crippen molar-refractivity contribution < 1.29 is 14.3 Å². The fraction of sp³-hybridized carbons (Fsp3) is 0.244. The Morgan fingerprint density at radius 3 is 0.564 bits per heavy atom. The van der Waals surface area contributed by atoms with Crippen molar-refractivity contribution in [3.63, 3.8) is 0 Å². The number of aromatic amines is 4. The molecule has 10 heterocycles. The smallest absolute Gasteiger partial charge is 0.255 e. The molecule has 0 saturated carbocycles. The fourth-order valence-corrected chi connectivity index (χ4v) is 20.2. The summed E-state index contributed by atoms with van der Waals surface area (Å²) < 4.78 is 5.87. The molecule has 6 N–H and O–H groups in total. The van der Waals surface area contributed by atoms with Gasteiger partial charge in [-0.25, -0.2) is 19.9 Å². The summed E-state index contributed by atoms with van der Waals surface area (Å²) in [6.45, 7) is 13.5. The van der Waals surface area contributed by atoms with Crippen molar-refractivity contribution in [1.29, 1.82) is 0 Å². The number of nitrogens with zero attached hydrogens (tertiary/aromatic N) is 4. The number of anilines is 2. The van der Waals surface area contributed by atoms with Crippen LogP contribution in [0.4, 0.5) is 11.4 Å². The summed E-state index contributed by atoms with van der Waals surface area (Å²) in [6, 6.07) is 92.7. The van der Waals surface area contributed by atoms with Gasteiger partial charge in [-0.2, -0.15) is 0 Å². The summed E-state index contributed by atoms with van der Waals surface area (Å²) in [5.41, 5.74) is 39.2. The molecule has 140 heavy (non-hydrogen) atoms. The van der Waals surface area contributed by atoms with Crippen LogP contribution in [0.15, 0.2) is 261 Å². The number of fused-ring (bicyclic) bond motifs is 16. The Labute approximate surface area is 823 Å². The van der Waals surface area contributed by atoms with E-state index in [9.17, 15) is 9.59 Å². The molecule has 0 spiro atoms. The van der Waals surface area contributed by atoms with Gasteiger partial charge in [-0.05, 0) is 295 Å². The molecular formula is C127H126N10O3. The number of hydrogen-bond donors (Lipinski definition) is 6. The lowest BCUT2D eigenvalue weighted by Gasteiger charge is -2.12. The third-order valence-electron chi connectivity index (χ3n) is 27.9. The molecule has 13 nitrogen and oxygen atoms in total. The number of rotatable bonds is 37. The minimum Gasteiger partial charge on any atom is -0.497 e. The lowest BCUT2D eigenvalue weighted by molar-refractivity contribution is 0.102. The predicted octanol–water partition coefficient (Wildman–Crippen LogP) is 33.9. The number of carbonyl (C=O) groups is 2. The molecule has 0 atom stereocenters. The highest BCUT2D eigenvalue weighted by atomic mass is 16.5. The number of benzene rings is 9. The van der Waals surface area contributed by atoms with Gasteiger partial charge in [0.25, 0.3) is 11.8 Å². The molecule has 0 fully saturated rings. The SMILES string of the molecule is CCCCCc1ccc(-c2c3nc(c(-c4ccc(CCCCC)cc4)c4ccc([nH]4)c(-c4ccc(NC(=O)c5cc(OC)cc(C(=O)Nc6ccc(-c7c8nc(c(-c9ccc(CCCCC)cc9)c9ccc([nH]9)c(-c9ccc(CCCCC)cc9)c9nc(c(-c%10ccc(CCCCC)cc%10)c%10ccc7[nH]%10)C=C9)C=C8)cc6)c5)cc4)c4nc(c(-c5ccc(CCCCC)cc5)c5ccc2[nH]5)C=C4)C=C3)cc1. The zero-order valence-electron chi connectivity index (χ0n) is 81.9. The van der Waals surface area contributed by atoms with Crippen LogP contribution in [0, 0.1) is 0 Å². The minimum atomic E-state index is -0.422. The van der Waals surface area contributed by atoms with E-state index < -0.39 is 11.8 Å². The molecule has 0 radical (unpaired) electrons. The third kappa shape index (κ3) is 21.3. The molecule has 0 unspecified atom stereocenters. The van der Waals surface area contributed by atoms with Crippen molar-refractivity contribution in [3.8, 4) is 94.8 Å². The fourth-order valence-electron chi connectivity index (χ4n) is 20.2. The van der Waals surface area contributed by atoms with E-state index in [0.29, 0.717) is 17.1 Å². The molecule has 13 heteroatoms. The van der Waals surface area contributed by atoms with Crippen molar-refractivity contribution in [1.82, 2.24) is 39.9 Å². The Bertz CT molecular complexity index is 6960. The number of ether oxygens (including phenoxy) is 1. The van der Waals surface area contributed by atoms with Crippen molar-refractivity contribution in [3.05, 3.63) is 351 Å². The van der Waals surface area contributed by atoms with Crippen molar-refractivity contribution in [2.24, 2.45) is 0 Å². The first-order valence-corrected chi connectivity index (χ1v) is 51.3. The summed E-state index contributed by atoms with van der Waals surface area (Å²) in [6.07, 6.45) is 44.5. The number of nitrogens with one attached hydrogen (secondary N) is 6. The van der Waals surface area contributed by atoms with Crippen LogP contribution in [0.5, 0.6) is 5.75 Å². The average molecular weight is 1840 g/mol. The summed E-state index contributed by atoms with van der Waals surface area (Å²) in [4.78, 5) is 68.4. The zero-order chi connectivity index (χ0) is 95.8. The van der Waals surface area contributed by atoms with Crippen LogP contribution in [0.2, 0.25) is 0 Å². The van der Waals surface area contributed by atoms with Crippen LogP contribution in [0.3, 0.4) is 0 Å². The quantitative estimate of drug-likeness (QED) is 0.0210. The van der Waals surface area contributed by atoms with Crippen molar-refractivity contribution >= 4 is 116 Å². The molecule has 4 aliphatic heterocycles. The largest absolute Gasteiger partial charge is 0.497 e. The van der Waals surface area contributed by atoms with Gasteiger partial charge >= 0.3 is 0 Å². The van der Waals surface area contributed by atoms with E-state index in [1.807, 2.05) is 48.5 Å². The molecule has 4 aliphatic rings. The number of amides is 2. The van der Waals surface area contributed by atoms with Gasteiger partial charge in [0.1, 0.15) is 5.75 Å². The van der Waals surface area contributed by atoms with Gasteiger partial charge in [0, 0.05) is 111 Å². The second-order valence-corrected chi connectivity index (χ2v) is 37.9. The van der Waals surface area contributed by atoms with Gasteiger partial charge < -0.3 is 35.3 Å². The Kier molecular flexibility index (Phi) is 29.6. The second kappa shape index (κ2) is 44.2. The van der Waals surface area contributed by atoms with Crippen LogP contribution < -0.4 is 15.4 Å². The molecule has 6 aromatic heterocycles. The number of aromatic nitrogens is 8. The highest BCUT2D eigenvalue weighted by molar-refractivity contribution is 6.10. The molecule has 702 valence electrons. The lowest BCUT2D eigenvalue weighted by Crippen LogP contribution is -2.16. The standard InChI is InChI=1S/C127H126N10O3/c1-8-14-20-26-83-32-44-89(45-33-83)118-102-64-68-106(130-102)120(91-48-36-85(37-49-91)28-22-16-10-3)110-72-76-114(134-110)124(115-77-73-111(135-115)121(107-69-65-103(118)131-107)92-50-38-86(39-51-92)29-23-17-11-4)95-56-60-99(61-57-95)128-126(138)97-80-98(82-101(81-97)140-7)127(139)129-100-62-58-96(59-63-100)125-116-78-74-112(136-116)122(93-52-40-87(41-53-93)30-24-18-12-5)108-70-66-104(132-108)119(90-46-34-84(35-47-90)27-21-15-9-2)105-67-71-109(133-105)123(113-75-79-117(125)137-113)94-54-42-88(43-55-94)31-25-19-13-6/h32-82,130,132,135,137H,8-31H2,1-7H3,(H,128,138)(H,129,139). The van der Waals surface area contributed by atoms with Crippen LogP contribution >= 0.6 is 0 Å². The van der Waals surface area contributed by atoms with Gasteiger partial charge in [-0.1, -0.05) is 288 Å². The molecular weight excluding hydrogens is 1710 g/mol. The highest BCUT2D eigenvalue weighted by Crippen LogP contribution is 2.44. The first kappa shape index (κ1) is 93.9. The number of aryl methyl sites for hydroxylation is 6. The third-order valence-corrected chi connectivity index (χ3v) is 27.9. The summed E-state index contributed by atoms with van der Waals surface area (Å²) in [5.74, 6) is -0.496. The topological polar surface area (TPSA) is 182 Å². The van der Waals surface area contributed by atoms with Gasteiger partial charge in [-0.3, -0.25) is 9.59 Å². The second-order valence-electron chi connectivity index (χ2n) is 37.9. The number of H-pyrrole nitrogens is 4. The van der Waals surface area contributed by atoms with E-state index in [1.54, 1.807) is 18.2 Å². The van der Waals surface area contributed by atoms with E-state index in [0.717, 1.165) is 281 Å². The summed E-state index contributed by atoms with van der Waals surface area (Å²) >= 11 is 0. The van der Waals surface area contributed by atoms with Gasteiger partial charge in [-0.15, -0.1) is 0 Å². The van der Waals surface area contributed by atoms with E-state index >= 15 is 0 Å². The Morgan fingerprint density at radius 2 is 0.400 bits per heavy atom. The molecule has 0 aliphatic carbocycles. The highest BCUT2D eigenvalue weighted by Gasteiger charge is 2.26. The summed E-state index contributed by atoms with van der Waals surface area (Å²) in [7, 11) is 1.54. The number of unbranched alkanes of at least 4 members (excludes halogenated alkanes) is 12. The number of carbonyl (C=O) groups excluding carboxylic acids is 2. The predicted molar refractivity (Wildman–Crippen MR) is 589 cm³/mol.